The maximum atomic E-state index is 13.5. The molecule has 0 bridgehead atoms. The Kier molecular flexibility index (Phi) is 7.86. The number of aryl methyl sites for hydroxylation is 1. The fraction of sp³-hybridized carbons (Fsp3) is 0.269. The van der Waals surface area contributed by atoms with Gasteiger partial charge in [-0.3, -0.25) is 9.10 Å². The predicted molar refractivity (Wildman–Crippen MR) is 140 cm³/mol. The molecule has 1 aliphatic rings. The molecule has 0 radical (unpaired) electrons. The Morgan fingerprint density at radius 3 is 1.95 bits per heavy atom. The third-order valence-electron chi connectivity index (χ3n) is 6.22. The van der Waals surface area contributed by atoms with E-state index in [2.05, 4.69) is 0 Å². The summed E-state index contributed by atoms with van der Waals surface area (Å²) in [6, 6.07) is 21.0. The van der Waals surface area contributed by atoms with E-state index in [0.717, 1.165) is 9.87 Å². The first-order chi connectivity index (χ1) is 17.6. The van der Waals surface area contributed by atoms with Gasteiger partial charge in [-0.2, -0.15) is 4.31 Å². The van der Waals surface area contributed by atoms with Crippen LogP contribution in [0.25, 0.3) is 0 Å². The molecule has 3 aromatic carbocycles. The van der Waals surface area contributed by atoms with Crippen LogP contribution in [-0.2, 0) is 24.8 Å². The predicted octanol–water partition coefficient (Wildman–Crippen LogP) is 2.73. The van der Waals surface area contributed by atoms with E-state index in [1.54, 1.807) is 66.7 Å². The standard InChI is InChI=1S/C26H29N3O6S2/c1-21-8-12-24(13-9-21)36(31,32)28-18-16-27(17-19-28)26(30)20-29(22-6-4-3-5-7-22)37(33,34)25-14-10-23(35-2)11-15-25/h3-15H,16-20H2,1-2H3. The summed E-state index contributed by atoms with van der Waals surface area (Å²) in [6.45, 7) is 2.04. The number of sulfonamides is 2. The number of rotatable bonds is 8. The smallest absolute Gasteiger partial charge is 0.264 e. The van der Waals surface area contributed by atoms with Crippen molar-refractivity contribution in [2.75, 3.05) is 44.1 Å². The minimum absolute atomic E-state index is 0.0268. The van der Waals surface area contributed by atoms with E-state index in [1.807, 2.05) is 6.92 Å². The normalized spacial score (nSPS) is 14.8. The Hall–Kier alpha value is -3.41. The number of nitrogens with zero attached hydrogens (tertiary/aromatic N) is 3. The molecule has 1 aliphatic heterocycles. The van der Waals surface area contributed by atoms with Gasteiger partial charge in [-0.1, -0.05) is 35.9 Å². The highest BCUT2D eigenvalue weighted by molar-refractivity contribution is 7.92. The number of amides is 1. The van der Waals surface area contributed by atoms with Gasteiger partial charge < -0.3 is 9.64 Å². The second-order valence-corrected chi connectivity index (χ2v) is 12.4. The molecule has 0 N–H and O–H groups in total. The zero-order valence-corrected chi connectivity index (χ0v) is 22.3. The van der Waals surface area contributed by atoms with E-state index in [-0.39, 0.29) is 36.0 Å². The van der Waals surface area contributed by atoms with Gasteiger partial charge in [0.25, 0.3) is 10.0 Å². The van der Waals surface area contributed by atoms with Crippen molar-refractivity contribution in [3.05, 3.63) is 84.4 Å². The van der Waals surface area contributed by atoms with Crippen LogP contribution in [0.1, 0.15) is 5.56 Å². The first-order valence-electron chi connectivity index (χ1n) is 11.7. The zero-order valence-electron chi connectivity index (χ0n) is 20.6. The van der Waals surface area contributed by atoms with Gasteiger partial charge in [0.15, 0.2) is 0 Å². The summed E-state index contributed by atoms with van der Waals surface area (Å²) in [6.07, 6.45) is 0. The second-order valence-electron chi connectivity index (χ2n) is 8.62. The monoisotopic (exact) mass is 543 g/mol. The molecule has 1 fully saturated rings. The lowest BCUT2D eigenvalue weighted by atomic mass is 10.2. The SMILES string of the molecule is COc1ccc(S(=O)(=O)N(CC(=O)N2CCN(S(=O)(=O)c3ccc(C)cc3)CC2)c2ccccc2)cc1. The number of ether oxygens (including phenoxy) is 1. The van der Waals surface area contributed by atoms with E-state index >= 15 is 0 Å². The maximum Gasteiger partial charge on any atom is 0.264 e. The lowest BCUT2D eigenvalue weighted by Crippen LogP contribution is -2.53. The maximum absolute atomic E-state index is 13.5. The molecule has 1 heterocycles. The quantitative estimate of drug-likeness (QED) is 0.433. The summed E-state index contributed by atoms with van der Waals surface area (Å²) in [5.41, 5.74) is 1.31. The van der Waals surface area contributed by atoms with Crippen molar-refractivity contribution in [1.82, 2.24) is 9.21 Å². The third kappa shape index (κ3) is 5.79. The number of hydrogen-bond acceptors (Lipinski definition) is 6. The molecule has 0 saturated carbocycles. The van der Waals surface area contributed by atoms with Gasteiger partial charge in [-0.25, -0.2) is 16.8 Å². The summed E-state index contributed by atoms with van der Waals surface area (Å²) in [5, 5.41) is 0. The summed E-state index contributed by atoms with van der Waals surface area (Å²) in [4.78, 5) is 15.0. The molecular formula is C26H29N3O6S2. The second kappa shape index (κ2) is 10.9. The minimum atomic E-state index is -4.06. The molecule has 11 heteroatoms. The van der Waals surface area contributed by atoms with Gasteiger partial charge in [-0.15, -0.1) is 0 Å². The number of anilines is 1. The number of benzene rings is 3. The minimum Gasteiger partial charge on any atom is -0.497 e. The van der Waals surface area contributed by atoms with Crippen LogP contribution in [0.15, 0.2) is 88.7 Å². The van der Waals surface area contributed by atoms with Gasteiger partial charge >= 0.3 is 0 Å². The Morgan fingerprint density at radius 1 is 0.811 bits per heavy atom. The highest BCUT2D eigenvalue weighted by Crippen LogP contribution is 2.26. The molecule has 37 heavy (non-hydrogen) atoms. The van der Waals surface area contributed by atoms with Crippen molar-refractivity contribution < 1.29 is 26.4 Å². The van der Waals surface area contributed by atoms with Crippen LogP contribution < -0.4 is 9.04 Å². The Balaban J connectivity index is 1.50. The number of carbonyl (C=O) groups is 1. The summed E-state index contributed by atoms with van der Waals surface area (Å²) >= 11 is 0. The van der Waals surface area contributed by atoms with Crippen LogP contribution in [0, 0.1) is 6.92 Å². The fourth-order valence-corrected chi connectivity index (χ4v) is 6.88. The van der Waals surface area contributed by atoms with Crippen molar-refractivity contribution in [3.8, 4) is 5.75 Å². The zero-order chi connectivity index (χ0) is 26.6. The topological polar surface area (TPSA) is 104 Å². The first kappa shape index (κ1) is 26.6. The van der Waals surface area contributed by atoms with Crippen molar-refractivity contribution >= 4 is 31.6 Å². The van der Waals surface area contributed by atoms with Gasteiger partial charge in [0.1, 0.15) is 12.3 Å². The lowest BCUT2D eigenvalue weighted by molar-refractivity contribution is -0.130. The average molecular weight is 544 g/mol. The van der Waals surface area contributed by atoms with Crippen molar-refractivity contribution in [3.63, 3.8) is 0 Å². The van der Waals surface area contributed by atoms with E-state index in [1.165, 1.54) is 28.4 Å². The molecule has 0 spiro atoms. The van der Waals surface area contributed by atoms with Crippen molar-refractivity contribution in [2.45, 2.75) is 16.7 Å². The molecule has 0 aliphatic carbocycles. The van der Waals surface area contributed by atoms with Crippen LogP contribution in [0.4, 0.5) is 5.69 Å². The van der Waals surface area contributed by atoms with Gasteiger partial charge in [0.05, 0.1) is 22.6 Å². The van der Waals surface area contributed by atoms with Gasteiger partial charge in [0, 0.05) is 26.2 Å². The molecule has 0 atom stereocenters. The average Bonchev–Trinajstić information content (AvgIpc) is 2.92. The van der Waals surface area contributed by atoms with Crippen LogP contribution in [-0.4, -0.2) is 71.8 Å². The molecule has 1 saturated heterocycles. The molecule has 9 nitrogen and oxygen atoms in total. The van der Waals surface area contributed by atoms with Crippen LogP contribution in [0.3, 0.4) is 0 Å². The highest BCUT2D eigenvalue weighted by Gasteiger charge is 2.33. The molecule has 4 rings (SSSR count). The van der Waals surface area contributed by atoms with E-state index in [9.17, 15) is 21.6 Å². The molecule has 3 aromatic rings. The number of hydrogen-bond donors (Lipinski definition) is 0. The molecule has 0 unspecified atom stereocenters. The van der Waals surface area contributed by atoms with Crippen molar-refractivity contribution in [1.29, 1.82) is 0 Å². The summed E-state index contributed by atoms with van der Waals surface area (Å²) < 4.78 is 60.6. The van der Waals surface area contributed by atoms with Gasteiger partial charge in [-0.05, 0) is 55.5 Å². The van der Waals surface area contributed by atoms with E-state index < -0.39 is 32.5 Å². The van der Waals surface area contributed by atoms with E-state index in [0.29, 0.717) is 11.4 Å². The molecular weight excluding hydrogens is 514 g/mol. The van der Waals surface area contributed by atoms with Crippen LogP contribution in [0.2, 0.25) is 0 Å². The summed E-state index contributed by atoms with van der Waals surface area (Å²) in [7, 11) is -6.25. The van der Waals surface area contributed by atoms with Crippen LogP contribution in [0.5, 0.6) is 5.75 Å². The highest BCUT2D eigenvalue weighted by atomic mass is 32.2. The van der Waals surface area contributed by atoms with Gasteiger partial charge in [0.2, 0.25) is 15.9 Å². The number of carbonyl (C=O) groups excluding carboxylic acids is 1. The number of methoxy groups -OCH3 is 1. The number of para-hydroxylation sites is 1. The van der Waals surface area contributed by atoms with E-state index in [4.69, 9.17) is 4.74 Å². The lowest BCUT2D eigenvalue weighted by Gasteiger charge is -2.35. The molecule has 0 aromatic heterocycles. The third-order valence-corrected chi connectivity index (χ3v) is 9.92. The Morgan fingerprint density at radius 2 is 1.38 bits per heavy atom. The Labute approximate surface area is 218 Å². The molecule has 1 amide bonds. The first-order valence-corrected chi connectivity index (χ1v) is 14.6. The Bertz CT molecular complexity index is 1430. The van der Waals surface area contributed by atoms with Crippen molar-refractivity contribution in [2.24, 2.45) is 0 Å². The van der Waals surface area contributed by atoms with Crippen LogP contribution >= 0.6 is 0 Å². The number of piperazine rings is 1. The fourth-order valence-electron chi connectivity index (χ4n) is 4.04. The molecule has 196 valence electrons. The largest absolute Gasteiger partial charge is 0.497 e. The summed E-state index contributed by atoms with van der Waals surface area (Å²) in [5.74, 6) is 0.105.